The zero-order valence-corrected chi connectivity index (χ0v) is 17.9. The van der Waals surface area contributed by atoms with Crippen LogP contribution >= 0.6 is 0 Å². The van der Waals surface area contributed by atoms with Crippen molar-refractivity contribution in [2.45, 2.75) is 44.2 Å². The molecule has 32 heavy (non-hydrogen) atoms. The zero-order chi connectivity index (χ0) is 23.1. The van der Waals surface area contributed by atoms with E-state index in [-0.39, 0.29) is 29.6 Å². The standard InChI is InChI=1S/C21H27FN8O2/c1-14-10-16(32-29-14)13-30-8-4-21(3-6-23,5-9-30)27-12-17(20(25)31)19(24)28-15-2-7-26-18(22)11-15/h2,7,11-12,16,27H,3-5,8-10,13H2,1H3,(H2,25,31)(H2,24,26,28)/b17-12+. The van der Waals surface area contributed by atoms with Crippen LogP contribution in [0.25, 0.3) is 0 Å². The molecule has 1 fully saturated rings. The van der Waals surface area contributed by atoms with Crippen LogP contribution in [0.15, 0.2) is 40.3 Å². The Morgan fingerprint density at radius 1 is 1.50 bits per heavy atom. The normalized spacial score (nSPS) is 21.4. The number of hydrogen-bond acceptors (Lipinski definition) is 8. The molecular formula is C21H27FN8O2. The minimum Gasteiger partial charge on any atom is -0.391 e. The largest absolute Gasteiger partial charge is 0.391 e. The van der Waals surface area contributed by atoms with Crippen molar-refractivity contribution in [3.8, 4) is 6.07 Å². The average molecular weight is 442 g/mol. The van der Waals surface area contributed by atoms with Crippen LogP contribution in [0.4, 0.5) is 10.1 Å². The fourth-order valence-corrected chi connectivity index (χ4v) is 3.80. The minimum absolute atomic E-state index is 0.0473. The predicted octanol–water partition coefficient (Wildman–Crippen LogP) is 1.08. The van der Waals surface area contributed by atoms with Crippen molar-refractivity contribution in [1.29, 1.82) is 5.26 Å². The molecule has 1 aromatic rings. The highest BCUT2D eigenvalue weighted by Crippen LogP contribution is 2.27. The van der Waals surface area contributed by atoms with Gasteiger partial charge in [-0.2, -0.15) is 9.65 Å². The summed E-state index contributed by atoms with van der Waals surface area (Å²) in [6, 6.07) is 4.76. The fraction of sp³-hybridized carbons (Fsp3) is 0.476. The number of nitrogens with two attached hydrogens (primary N) is 2. The van der Waals surface area contributed by atoms with Crippen molar-refractivity contribution >= 4 is 23.1 Å². The molecule has 0 spiro atoms. The van der Waals surface area contributed by atoms with E-state index in [1.54, 1.807) is 0 Å². The summed E-state index contributed by atoms with van der Waals surface area (Å²) in [5, 5.41) is 16.6. The summed E-state index contributed by atoms with van der Waals surface area (Å²) < 4.78 is 13.3. The number of carbonyl (C=O) groups is 1. The number of amides is 1. The number of nitriles is 1. The maximum Gasteiger partial charge on any atom is 0.253 e. The summed E-state index contributed by atoms with van der Waals surface area (Å²) in [5.41, 5.74) is 12.1. The van der Waals surface area contributed by atoms with Crippen molar-refractivity contribution < 1.29 is 14.0 Å². The third kappa shape index (κ3) is 6.01. The highest BCUT2D eigenvalue weighted by molar-refractivity contribution is 6.20. The smallest absolute Gasteiger partial charge is 0.253 e. The van der Waals surface area contributed by atoms with Gasteiger partial charge in [-0.15, -0.1) is 0 Å². The van der Waals surface area contributed by atoms with Crippen LogP contribution in [0, 0.1) is 17.3 Å². The number of nitrogens with one attached hydrogen (secondary N) is 1. The van der Waals surface area contributed by atoms with Crippen LogP contribution in [-0.4, -0.2) is 58.6 Å². The first kappa shape index (κ1) is 23.1. The van der Waals surface area contributed by atoms with Crippen molar-refractivity contribution in [1.82, 2.24) is 15.2 Å². The number of nitrogens with zero attached hydrogens (tertiary/aromatic N) is 5. The Kier molecular flexibility index (Phi) is 7.37. The van der Waals surface area contributed by atoms with Gasteiger partial charge in [0.1, 0.15) is 11.9 Å². The molecule has 0 saturated carbocycles. The Bertz CT molecular complexity index is 976. The molecule has 0 aromatic carbocycles. The lowest BCUT2D eigenvalue weighted by Crippen LogP contribution is -2.53. The second-order valence-corrected chi connectivity index (χ2v) is 8.07. The summed E-state index contributed by atoms with van der Waals surface area (Å²) in [6.45, 7) is 4.23. The first-order valence-electron chi connectivity index (χ1n) is 10.3. The van der Waals surface area contributed by atoms with Gasteiger partial charge < -0.3 is 21.6 Å². The Morgan fingerprint density at radius 2 is 2.25 bits per heavy atom. The maximum absolute atomic E-state index is 13.3. The highest BCUT2D eigenvalue weighted by atomic mass is 19.1. The van der Waals surface area contributed by atoms with Crippen molar-refractivity contribution in [3.05, 3.63) is 36.1 Å². The topological polar surface area (TPSA) is 155 Å². The number of oxime groups is 1. The molecule has 11 heteroatoms. The van der Waals surface area contributed by atoms with E-state index in [4.69, 9.17) is 16.3 Å². The van der Waals surface area contributed by atoms with E-state index >= 15 is 0 Å². The van der Waals surface area contributed by atoms with Gasteiger partial charge in [0.2, 0.25) is 5.95 Å². The first-order valence-corrected chi connectivity index (χ1v) is 10.3. The minimum atomic E-state index is -0.786. The Hall–Kier alpha value is -3.52. The monoisotopic (exact) mass is 442 g/mol. The average Bonchev–Trinajstić information content (AvgIpc) is 3.14. The molecule has 170 valence electrons. The number of hydrogen-bond donors (Lipinski definition) is 3. The number of halogens is 1. The molecule has 3 heterocycles. The van der Waals surface area contributed by atoms with Crippen LogP contribution < -0.4 is 16.8 Å². The van der Waals surface area contributed by atoms with E-state index in [1.807, 2.05) is 6.92 Å². The first-order chi connectivity index (χ1) is 15.3. The lowest BCUT2D eigenvalue weighted by molar-refractivity contribution is -0.114. The fourth-order valence-electron chi connectivity index (χ4n) is 3.80. The Balaban J connectivity index is 1.68. The van der Waals surface area contributed by atoms with Gasteiger partial charge in [0.25, 0.3) is 5.91 Å². The second kappa shape index (κ2) is 10.2. The number of pyridine rings is 1. The number of primary amides is 1. The molecule has 3 rings (SSSR count). The highest BCUT2D eigenvalue weighted by Gasteiger charge is 2.35. The van der Waals surface area contributed by atoms with Gasteiger partial charge >= 0.3 is 0 Å². The van der Waals surface area contributed by atoms with Crippen LogP contribution in [0.3, 0.4) is 0 Å². The second-order valence-electron chi connectivity index (χ2n) is 8.07. The summed E-state index contributed by atoms with van der Waals surface area (Å²) >= 11 is 0. The molecule has 2 aliphatic rings. The van der Waals surface area contributed by atoms with Gasteiger partial charge in [0, 0.05) is 44.5 Å². The molecule has 0 aliphatic carbocycles. The molecule has 1 unspecified atom stereocenters. The van der Waals surface area contributed by atoms with E-state index in [2.05, 4.69) is 31.4 Å². The molecule has 10 nitrogen and oxygen atoms in total. The molecular weight excluding hydrogens is 415 g/mol. The molecule has 1 amide bonds. The third-order valence-electron chi connectivity index (χ3n) is 5.60. The summed E-state index contributed by atoms with van der Waals surface area (Å²) in [4.78, 5) is 27.2. The number of aliphatic imine (C=N–C) groups is 1. The Labute approximate surface area is 185 Å². The van der Waals surface area contributed by atoms with E-state index in [9.17, 15) is 14.4 Å². The van der Waals surface area contributed by atoms with Crippen LogP contribution in [0.1, 0.15) is 32.6 Å². The van der Waals surface area contributed by atoms with Crippen molar-refractivity contribution in [2.75, 3.05) is 19.6 Å². The van der Waals surface area contributed by atoms with Gasteiger partial charge in [-0.05, 0) is 25.8 Å². The molecule has 2 aliphatic heterocycles. The predicted molar refractivity (Wildman–Crippen MR) is 117 cm³/mol. The molecule has 0 bridgehead atoms. The molecule has 5 N–H and O–H groups in total. The number of rotatable bonds is 8. The number of carbonyl (C=O) groups excluding carboxylic acids is 1. The molecule has 0 radical (unpaired) electrons. The Morgan fingerprint density at radius 3 is 2.84 bits per heavy atom. The van der Waals surface area contributed by atoms with Gasteiger partial charge in [-0.1, -0.05) is 5.16 Å². The molecule has 1 atom stereocenters. The van der Waals surface area contributed by atoms with E-state index < -0.39 is 17.4 Å². The molecule has 1 aromatic heterocycles. The van der Waals surface area contributed by atoms with Gasteiger partial charge in [-0.3, -0.25) is 9.69 Å². The van der Waals surface area contributed by atoms with Crippen LogP contribution in [0.5, 0.6) is 0 Å². The van der Waals surface area contributed by atoms with Crippen LogP contribution in [-0.2, 0) is 9.63 Å². The SMILES string of the molecule is CC1=NOC(CN2CCC(CC#N)(N/C=C(/C(N)=O)C(N)=Nc3ccnc(F)c3)CC2)C1. The summed E-state index contributed by atoms with van der Waals surface area (Å²) in [5.74, 6) is -1.66. The van der Waals surface area contributed by atoms with E-state index in [0.29, 0.717) is 12.8 Å². The number of amidine groups is 1. The number of aromatic nitrogens is 1. The van der Waals surface area contributed by atoms with E-state index in [1.165, 1.54) is 18.5 Å². The molecule has 1 saturated heterocycles. The summed E-state index contributed by atoms with van der Waals surface area (Å²) in [7, 11) is 0. The van der Waals surface area contributed by atoms with Crippen molar-refractivity contribution in [3.63, 3.8) is 0 Å². The van der Waals surface area contributed by atoms with Gasteiger partial charge in [0.15, 0.2) is 0 Å². The lowest BCUT2D eigenvalue weighted by atomic mass is 9.84. The van der Waals surface area contributed by atoms with E-state index in [0.717, 1.165) is 37.8 Å². The quantitative estimate of drug-likeness (QED) is 0.235. The van der Waals surface area contributed by atoms with Crippen molar-refractivity contribution in [2.24, 2.45) is 21.6 Å². The van der Waals surface area contributed by atoms with Gasteiger partial charge in [0.05, 0.1) is 35.0 Å². The number of likely N-dealkylation sites (tertiary alicyclic amines) is 1. The maximum atomic E-state index is 13.3. The lowest BCUT2D eigenvalue weighted by Gasteiger charge is -2.41. The zero-order valence-electron chi connectivity index (χ0n) is 17.9. The third-order valence-corrected chi connectivity index (χ3v) is 5.60. The van der Waals surface area contributed by atoms with Gasteiger partial charge in [-0.25, -0.2) is 9.98 Å². The number of piperidine rings is 1. The summed E-state index contributed by atoms with van der Waals surface area (Å²) in [6.07, 6.45) is 5.14. The van der Waals surface area contributed by atoms with Crippen LogP contribution in [0.2, 0.25) is 0 Å².